The van der Waals surface area contributed by atoms with Gasteiger partial charge in [-0.1, -0.05) is 24.1 Å². The Balaban J connectivity index is 1.88. The molecular formula is C16H26N2O. The third-order valence-corrected chi connectivity index (χ3v) is 3.77. The highest BCUT2D eigenvalue weighted by molar-refractivity contribution is 5.38. The second-order valence-electron chi connectivity index (χ2n) is 5.58. The molecule has 0 spiro atoms. The minimum absolute atomic E-state index is 0.0184. The molecule has 2 rings (SSSR count). The maximum atomic E-state index is 6.01. The molecule has 1 aliphatic rings. The van der Waals surface area contributed by atoms with Crippen LogP contribution in [-0.4, -0.2) is 31.1 Å². The van der Waals surface area contributed by atoms with Gasteiger partial charge >= 0.3 is 0 Å². The lowest BCUT2D eigenvalue weighted by Crippen LogP contribution is -2.33. The van der Waals surface area contributed by atoms with E-state index in [-0.39, 0.29) is 6.04 Å². The monoisotopic (exact) mass is 262 g/mol. The number of likely N-dealkylation sites (tertiary alicyclic amines) is 1. The number of piperidine rings is 1. The van der Waals surface area contributed by atoms with Gasteiger partial charge in [-0.15, -0.1) is 0 Å². The summed E-state index contributed by atoms with van der Waals surface area (Å²) in [5, 5.41) is 0. The molecule has 1 aromatic rings. The Labute approximate surface area is 116 Å². The first-order valence-electron chi connectivity index (χ1n) is 7.38. The van der Waals surface area contributed by atoms with E-state index in [4.69, 9.17) is 10.5 Å². The molecule has 0 saturated carbocycles. The van der Waals surface area contributed by atoms with Crippen molar-refractivity contribution in [1.82, 2.24) is 4.90 Å². The smallest absolute Gasteiger partial charge is 0.124 e. The van der Waals surface area contributed by atoms with Crippen LogP contribution in [-0.2, 0) is 0 Å². The Morgan fingerprint density at radius 3 is 2.68 bits per heavy atom. The zero-order valence-corrected chi connectivity index (χ0v) is 12.2. The van der Waals surface area contributed by atoms with E-state index in [1.807, 2.05) is 13.0 Å². The molecule has 106 valence electrons. The second kappa shape index (κ2) is 6.92. The van der Waals surface area contributed by atoms with Gasteiger partial charge in [-0.3, -0.25) is 4.90 Å². The van der Waals surface area contributed by atoms with E-state index in [2.05, 4.69) is 24.0 Å². The summed E-state index contributed by atoms with van der Waals surface area (Å²) in [5.74, 6) is 0.942. The number of benzene rings is 1. The molecule has 2 N–H and O–H groups in total. The number of rotatable bonds is 5. The third-order valence-electron chi connectivity index (χ3n) is 3.77. The quantitative estimate of drug-likeness (QED) is 0.886. The van der Waals surface area contributed by atoms with Gasteiger partial charge in [-0.2, -0.15) is 0 Å². The fourth-order valence-corrected chi connectivity index (χ4v) is 2.62. The van der Waals surface area contributed by atoms with E-state index in [0.717, 1.165) is 24.5 Å². The first-order chi connectivity index (χ1) is 9.16. The number of ether oxygens (including phenoxy) is 1. The summed E-state index contributed by atoms with van der Waals surface area (Å²) in [5.41, 5.74) is 8.35. The SMILES string of the molecule is Cc1ccc(OCCN2CCCCC2)c([C@@H](C)N)c1. The van der Waals surface area contributed by atoms with Crippen LogP contribution in [0.5, 0.6) is 5.75 Å². The standard InChI is InChI=1S/C16H26N2O/c1-13-6-7-16(15(12-13)14(2)17)19-11-10-18-8-4-3-5-9-18/h6-7,12,14H,3-5,8-11,17H2,1-2H3/t14-/m1/s1. The fourth-order valence-electron chi connectivity index (χ4n) is 2.62. The van der Waals surface area contributed by atoms with Crippen LogP contribution in [0.1, 0.15) is 43.4 Å². The minimum Gasteiger partial charge on any atom is -0.492 e. The number of aryl methyl sites for hydroxylation is 1. The molecule has 1 heterocycles. The molecule has 0 unspecified atom stereocenters. The summed E-state index contributed by atoms with van der Waals surface area (Å²) in [6.07, 6.45) is 4.04. The van der Waals surface area contributed by atoms with Gasteiger partial charge in [-0.05, 0) is 45.8 Å². The zero-order valence-electron chi connectivity index (χ0n) is 12.2. The van der Waals surface area contributed by atoms with Crippen LogP contribution in [0.25, 0.3) is 0 Å². The highest BCUT2D eigenvalue weighted by atomic mass is 16.5. The van der Waals surface area contributed by atoms with E-state index in [0.29, 0.717) is 0 Å². The first-order valence-corrected chi connectivity index (χ1v) is 7.38. The van der Waals surface area contributed by atoms with Gasteiger partial charge < -0.3 is 10.5 Å². The van der Waals surface area contributed by atoms with Crippen LogP contribution in [0.15, 0.2) is 18.2 Å². The lowest BCUT2D eigenvalue weighted by molar-refractivity contribution is 0.182. The lowest BCUT2D eigenvalue weighted by Gasteiger charge is -2.26. The minimum atomic E-state index is 0.0184. The van der Waals surface area contributed by atoms with Crippen molar-refractivity contribution in [3.8, 4) is 5.75 Å². The predicted octanol–water partition coefficient (Wildman–Crippen LogP) is 2.88. The van der Waals surface area contributed by atoms with Crippen molar-refractivity contribution in [3.05, 3.63) is 29.3 Å². The second-order valence-corrected chi connectivity index (χ2v) is 5.58. The van der Waals surface area contributed by atoms with Crippen molar-refractivity contribution in [3.63, 3.8) is 0 Å². The molecule has 1 saturated heterocycles. The zero-order chi connectivity index (χ0) is 13.7. The van der Waals surface area contributed by atoms with Gasteiger partial charge in [0.1, 0.15) is 12.4 Å². The summed E-state index contributed by atoms with van der Waals surface area (Å²) in [6.45, 7) is 8.31. The fraction of sp³-hybridized carbons (Fsp3) is 0.625. The molecule has 0 amide bonds. The van der Waals surface area contributed by atoms with Crippen molar-refractivity contribution in [2.45, 2.75) is 39.2 Å². The predicted molar refractivity (Wildman–Crippen MR) is 79.6 cm³/mol. The van der Waals surface area contributed by atoms with Crippen molar-refractivity contribution in [1.29, 1.82) is 0 Å². The van der Waals surface area contributed by atoms with Crippen LogP contribution in [0, 0.1) is 6.92 Å². The largest absolute Gasteiger partial charge is 0.492 e. The molecular weight excluding hydrogens is 236 g/mol. The van der Waals surface area contributed by atoms with Gasteiger partial charge in [0.25, 0.3) is 0 Å². The van der Waals surface area contributed by atoms with Crippen molar-refractivity contribution in [2.24, 2.45) is 5.73 Å². The highest BCUT2D eigenvalue weighted by Crippen LogP contribution is 2.25. The van der Waals surface area contributed by atoms with Crippen molar-refractivity contribution >= 4 is 0 Å². The number of nitrogens with two attached hydrogens (primary N) is 1. The Morgan fingerprint density at radius 2 is 2.00 bits per heavy atom. The highest BCUT2D eigenvalue weighted by Gasteiger charge is 2.11. The summed E-state index contributed by atoms with van der Waals surface area (Å²) in [4.78, 5) is 2.49. The van der Waals surface area contributed by atoms with Gasteiger partial charge in [0, 0.05) is 18.2 Å². The summed E-state index contributed by atoms with van der Waals surface area (Å²) in [7, 11) is 0. The molecule has 3 nitrogen and oxygen atoms in total. The molecule has 1 fully saturated rings. The first kappa shape index (κ1) is 14.4. The summed E-state index contributed by atoms with van der Waals surface area (Å²) in [6, 6.07) is 6.28. The number of hydrogen-bond donors (Lipinski definition) is 1. The Hall–Kier alpha value is -1.06. The molecule has 0 bridgehead atoms. The molecule has 3 heteroatoms. The molecule has 19 heavy (non-hydrogen) atoms. The maximum Gasteiger partial charge on any atom is 0.124 e. The molecule has 0 aromatic heterocycles. The average molecular weight is 262 g/mol. The number of nitrogens with zero attached hydrogens (tertiary/aromatic N) is 1. The molecule has 1 aromatic carbocycles. The van der Waals surface area contributed by atoms with Crippen LogP contribution in [0.3, 0.4) is 0 Å². The van der Waals surface area contributed by atoms with E-state index in [1.165, 1.54) is 37.9 Å². The van der Waals surface area contributed by atoms with Crippen LogP contribution >= 0.6 is 0 Å². The van der Waals surface area contributed by atoms with E-state index >= 15 is 0 Å². The normalized spacial score (nSPS) is 18.3. The molecule has 1 aliphatic heterocycles. The lowest BCUT2D eigenvalue weighted by atomic mass is 10.1. The van der Waals surface area contributed by atoms with Crippen LogP contribution < -0.4 is 10.5 Å². The molecule has 1 atom stereocenters. The Bertz CT molecular complexity index is 398. The molecule has 0 aliphatic carbocycles. The maximum absolute atomic E-state index is 6.01. The van der Waals surface area contributed by atoms with Gasteiger partial charge in [0.15, 0.2) is 0 Å². The van der Waals surface area contributed by atoms with E-state index in [9.17, 15) is 0 Å². The van der Waals surface area contributed by atoms with E-state index in [1.54, 1.807) is 0 Å². The average Bonchev–Trinajstić information content (AvgIpc) is 2.41. The van der Waals surface area contributed by atoms with Crippen LogP contribution in [0.2, 0.25) is 0 Å². The van der Waals surface area contributed by atoms with Gasteiger partial charge in [0.05, 0.1) is 0 Å². The Morgan fingerprint density at radius 1 is 1.26 bits per heavy atom. The van der Waals surface area contributed by atoms with Crippen molar-refractivity contribution in [2.75, 3.05) is 26.2 Å². The molecule has 0 radical (unpaired) electrons. The van der Waals surface area contributed by atoms with Gasteiger partial charge in [0.2, 0.25) is 0 Å². The summed E-state index contributed by atoms with van der Waals surface area (Å²) < 4.78 is 5.93. The van der Waals surface area contributed by atoms with Crippen molar-refractivity contribution < 1.29 is 4.74 Å². The Kier molecular flexibility index (Phi) is 5.23. The topological polar surface area (TPSA) is 38.5 Å². The van der Waals surface area contributed by atoms with E-state index < -0.39 is 0 Å². The van der Waals surface area contributed by atoms with Crippen LogP contribution in [0.4, 0.5) is 0 Å². The number of hydrogen-bond acceptors (Lipinski definition) is 3. The van der Waals surface area contributed by atoms with Gasteiger partial charge in [-0.25, -0.2) is 0 Å². The summed E-state index contributed by atoms with van der Waals surface area (Å²) >= 11 is 0. The third kappa shape index (κ3) is 4.22.